The molecule has 0 radical (unpaired) electrons. The van der Waals surface area contributed by atoms with Crippen LogP contribution in [0.4, 0.5) is 13.2 Å². The molecular formula is C6H6F3N3OS. The first-order chi connectivity index (χ1) is 6.43. The van der Waals surface area contributed by atoms with Crippen LogP contribution >= 0.6 is 11.8 Å². The number of azo groups is 1. The van der Waals surface area contributed by atoms with Gasteiger partial charge >= 0.3 is 12.1 Å². The lowest BCUT2D eigenvalue weighted by Crippen LogP contribution is -2.21. The first-order valence-corrected chi connectivity index (χ1v) is 4.58. The molecule has 0 aromatic heterocycles. The van der Waals surface area contributed by atoms with Gasteiger partial charge in [-0.3, -0.25) is 4.79 Å². The Morgan fingerprint density at radius 2 is 2.29 bits per heavy atom. The maximum atomic E-state index is 11.7. The number of aliphatic imine (C=N–C) groups is 1. The van der Waals surface area contributed by atoms with Gasteiger partial charge in [0, 0.05) is 0 Å². The average Bonchev–Trinajstić information content (AvgIpc) is 2.50. The van der Waals surface area contributed by atoms with Gasteiger partial charge in [0.2, 0.25) is 5.17 Å². The summed E-state index contributed by atoms with van der Waals surface area (Å²) in [6.45, 7) is 1.81. The van der Waals surface area contributed by atoms with Crippen LogP contribution in [-0.4, -0.2) is 22.6 Å². The van der Waals surface area contributed by atoms with E-state index in [4.69, 9.17) is 0 Å². The summed E-state index contributed by atoms with van der Waals surface area (Å²) in [5.74, 6) is -2.14. The van der Waals surface area contributed by atoms with Crippen molar-refractivity contribution in [1.82, 2.24) is 0 Å². The standard InChI is InChI=1S/C6H6F3N3OS/c1-2-3-11-12-5(14-3)10-4(13)6(7,8)9/h3H,2H2,1H3. The van der Waals surface area contributed by atoms with Crippen molar-refractivity contribution in [1.29, 1.82) is 0 Å². The fourth-order valence-electron chi connectivity index (χ4n) is 0.647. The highest BCUT2D eigenvalue weighted by Gasteiger charge is 2.39. The first-order valence-electron chi connectivity index (χ1n) is 3.71. The van der Waals surface area contributed by atoms with Gasteiger partial charge in [-0.25, -0.2) is 0 Å². The van der Waals surface area contributed by atoms with Crippen molar-refractivity contribution in [3.63, 3.8) is 0 Å². The first kappa shape index (κ1) is 11.2. The normalized spacial score (nSPS) is 24.6. The van der Waals surface area contributed by atoms with Crippen LogP contribution in [0.3, 0.4) is 0 Å². The highest BCUT2D eigenvalue weighted by molar-refractivity contribution is 8.14. The maximum absolute atomic E-state index is 11.7. The van der Waals surface area contributed by atoms with Crippen LogP contribution in [-0.2, 0) is 4.79 Å². The second kappa shape index (κ2) is 4.07. The Balaban J connectivity index is 2.65. The van der Waals surface area contributed by atoms with E-state index in [1.54, 1.807) is 0 Å². The number of rotatable bonds is 1. The Kier molecular flexibility index (Phi) is 3.25. The highest BCUT2D eigenvalue weighted by Crippen LogP contribution is 2.27. The lowest BCUT2D eigenvalue weighted by atomic mass is 10.5. The molecule has 1 heterocycles. The van der Waals surface area contributed by atoms with E-state index in [1.807, 2.05) is 6.92 Å². The topological polar surface area (TPSA) is 54.1 Å². The SMILES string of the molecule is CCC1N=NC(=NC(=O)C(F)(F)F)S1. The van der Waals surface area contributed by atoms with E-state index in [0.717, 1.165) is 11.8 Å². The molecule has 1 aliphatic rings. The molecule has 0 aromatic rings. The zero-order chi connectivity index (χ0) is 10.8. The van der Waals surface area contributed by atoms with Crippen molar-refractivity contribution >= 4 is 22.8 Å². The van der Waals surface area contributed by atoms with E-state index < -0.39 is 12.1 Å². The van der Waals surface area contributed by atoms with Crippen LogP contribution in [0.1, 0.15) is 13.3 Å². The van der Waals surface area contributed by atoms with Gasteiger partial charge in [-0.2, -0.15) is 23.3 Å². The zero-order valence-electron chi connectivity index (χ0n) is 7.08. The number of nitrogens with zero attached hydrogens (tertiary/aromatic N) is 3. The molecule has 0 saturated carbocycles. The molecule has 1 rings (SSSR count). The smallest absolute Gasteiger partial charge is 0.262 e. The molecule has 14 heavy (non-hydrogen) atoms. The van der Waals surface area contributed by atoms with Gasteiger partial charge in [-0.05, 0) is 6.42 Å². The minimum absolute atomic E-state index is 0.223. The molecule has 0 aromatic carbocycles. The van der Waals surface area contributed by atoms with Crippen LogP contribution in [0.15, 0.2) is 15.2 Å². The van der Waals surface area contributed by atoms with Crippen molar-refractivity contribution in [2.75, 3.05) is 0 Å². The number of hydrogen-bond acceptors (Lipinski definition) is 3. The molecule has 0 aliphatic carbocycles. The van der Waals surface area contributed by atoms with Crippen molar-refractivity contribution in [3.05, 3.63) is 0 Å². The minimum Gasteiger partial charge on any atom is -0.262 e. The van der Waals surface area contributed by atoms with Gasteiger partial charge in [0.05, 0.1) is 0 Å². The van der Waals surface area contributed by atoms with Crippen molar-refractivity contribution in [3.8, 4) is 0 Å². The Hall–Kier alpha value is -0.920. The van der Waals surface area contributed by atoms with E-state index in [0.29, 0.717) is 6.42 Å². The number of halogens is 3. The van der Waals surface area contributed by atoms with Crippen LogP contribution in [0.25, 0.3) is 0 Å². The summed E-state index contributed by atoms with van der Waals surface area (Å²) in [5, 5.41) is 6.52. The Morgan fingerprint density at radius 1 is 1.64 bits per heavy atom. The average molecular weight is 225 g/mol. The van der Waals surface area contributed by atoms with E-state index in [9.17, 15) is 18.0 Å². The van der Waals surface area contributed by atoms with Crippen molar-refractivity contribution in [2.45, 2.75) is 24.9 Å². The van der Waals surface area contributed by atoms with Crippen LogP contribution in [0.2, 0.25) is 0 Å². The molecule has 0 saturated heterocycles. The highest BCUT2D eigenvalue weighted by atomic mass is 32.2. The summed E-state index contributed by atoms with van der Waals surface area (Å²) in [4.78, 5) is 13.2. The summed E-state index contributed by atoms with van der Waals surface area (Å²) >= 11 is 0.951. The largest absolute Gasteiger partial charge is 0.473 e. The predicted molar refractivity (Wildman–Crippen MR) is 45.0 cm³/mol. The Labute approximate surface area is 81.7 Å². The van der Waals surface area contributed by atoms with E-state index >= 15 is 0 Å². The third-order valence-corrected chi connectivity index (χ3v) is 2.39. The number of carbonyl (C=O) groups excluding carboxylic acids is 1. The van der Waals surface area contributed by atoms with Gasteiger partial charge in [0.15, 0.2) is 0 Å². The molecule has 1 atom stereocenters. The Bertz CT molecular complexity index is 299. The van der Waals surface area contributed by atoms with E-state index in [2.05, 4.69) is 15.2 Å². The molecule has 78 valence electrons. The van der Waals surface area contributed by atoms with Gasteiger partial charge in [-0.15, -0.1) is 5.11 Å². The van der Waals surface area contributed by atoms with Crippen molar-refractivity contribution < 1.29 is 18.0 Å². The summed E-state index contributed by atoms with van der Waals surface area (Å²) < 4.78 is 35.2. The maximum Gasteiger partial charge on any atom is 0.473 e. The van der Waals surface area contributed by atoms with Crippen LogP contribution in [0.5, 0.6) is 0 Å². The number of thioether (sulfide) groups is 1. The quantitative estimate of drug-likeness (QED) is 0.687. The third-order valence-electron chi connectivity index (χ3n) is 1.30. The number of amides is 1. The van der Waals surface area contributed by atoms with Crippen LogP contribution < -0.4 is 0 Å². The molecule has 8 heteroatoms. The Morgan fingerprint density at radius 3 is 2.71 bits per heavy atom. The van der Waals surface area contributed by atoms with Gasteiger partial charge in [0.25, 0.3) is 0 Å². The van der Waals surface area contributed by atoms with Crippen LogP contribution in [0, 0.1) is 0 Å². The summed E-state index contributed by atoms with van der Waals surface area (Å²) in [7, 11) is 0. The fourth-order valence-corrected chi connectivity index (χ4v) is 1.38. The molecule has 1 unspecified atom stereocenters. The molecule has 0 fully saturated rings. The number of amidine groups is 1. The minimum atomic E-state index is -4.94. The van der Waals surface area contributed by atoms with Crippen molar-refractivity contribution in [2.24, 2.45) is 15.2 Å². The molecule has 1 amide bonds. The molecule has 0 N–H and O–H groups in total. The van der Waals surface area contributed by atoms with Gasteiger partial charge in [-0.1, -0.05) is 18.7 Å². The monoisotopic (exact) mass is 225 g/mol. The second-order valence-corrected chi connectivity index (χ2v) is 3.54. The second-order valence-electron chi connectivity index (χ2n) is 2.39. The number of carbonyl (C=O) groups is 1. The fraction of sp³-hybridized carbons (Fsp3) is 0.667. The third kappa shape index (κ3) is 2.79. The predicted octanol–water partition coefficient (Wildman–Crippen LogP) is 2.37. The summed E-state index contributed by atoms with van der Waals surface area (Å²) in [6.07, 6.45) is -4.30. The summed E-state index contributed by atoms with van der Waals surface area (Å²) in [5.41, 5.74) is 0. The molecule has 0 bridgehead atoms. The molecule has 0 spiro atoms. The van der Waals surface area contributed by atoms with Gasteiger partial charge < -0.3 is 0 Å². The number of alkyl halides is 3. The molecule has 4 nitrogen and oxygen atoms in total. The van der Waals surface area contributed by atoms with E-state index in [-0.39, 0.29) is 10.5 Å². The number of hydrogen-bond donors (Lipinski definition) is 0. The lowest BCUT2D eigenvalue weighted by Gasteiger charge is -1.99. The van der Waals surface area contributed by atoms with E-state index in [1.165, 1.54) is 0 Å². The van der Waals surface area contributed by atoms with Gasteiger partial charge in [0.1, 0.15) is 5.37 Å². The summed E-state index contributed by atoms with van der Waals surface area (Å²) in [6, 6.07) is 0. The zero-order valence-corrected chi connectivity index (χ0v) is 7.89. The molecular weight excluding hydrogens is 219 g/mol. The molecule has 1 aliphatic heterocycles. The lowest BCUT2D eigenvalue weighted by molar-refractivity contribution is -0.169.